The van der Waals surface area contributed by atoms with Crippen LogP contribution >= 0.6 is 11.8 Å². The van der Waals surface area contributed by atoms with E-state index in [4.69, 9.17) is 0 Å². The zero-order valence-electron chi connectivity index (χ0n) is 4.72. The molecule has 4 heteroatoms. The number of carbonyl (C=O) groups excluding carboxylic acids is 1. The number of carboxylic acid groups (broad SMARTS) is 1. The number of hydrogen-bond donors (Lipinski definition) is 0. The van der Waals surface area contributed by atoms with Crippen LogP contribution in [0.2, 0.25) is 0 Å². The van der Waals surface area contributed by atoms with Crippen molar-refractivity contribution in [1.82, 2.24) is 0 Å². The van der Waals surface area contributed by atoms with Crippen LogP contribution in [0.4, 0.5) is 0 Å². The molecule has 0 heterocycles. The van der Waals surface area contributed by atoms with Gasteiger partial charge in [-0.1, -0.05) is 6.58 Å². The summed E-state index contributed by atoms with van der Waals surface area (Å²) in [5, 5.41) is 11.0. The van der Waals surface area contributed by atoms with Crippen LogP contribution in [0.15, 0.2) is 12.0 Å². The molecule has 0 bridgehead atoms. The molecule has 0 radical (unpaired) electrons. The van der Waals surface area contributed by atoms with Crippen LogP contribution in [-0.4, -0.2) is 11.7 Å². The topological polar surface area (TPSA) is 40.1 Å². The molecule has 0 saturated carbocycles. The molecule has 0 aliphatic carbocycles. The van der Waals surface area contributed by atoms with E-state index < -0.39 is 5.97 Å². The first kappa shape index (κ1) is 11.4. The molecule has 0 aromatic carbocycles. The molecule has 40 valence electrons. The van der Waals surface area contributed by atoms with Gasteiger partial charge >= 0.3 is 29.6 Å². The third-order valence-corrected chi connectivity index (χ3v) is 0.957. The summed E-state index contributed by atoms with van der Waals surface area (Å²) in [5.74, 6) is -1.05. The molecule has 8 heavy (non-hydrogen) atoms. The number of rotatable bonds is 3. The molecule has 2 nitrogen and oxygen atoms in total. The molecule has 0 aliphatic rings. The first-order valence-electron chi connectivity index (χ1n) is 1.69. The first-order valence-corrected chi connectivity index (χ1v) is 2.74. The van der Waals surface area contributed by atoms with E-state index in [1.807, 2.05) is 0 Å². The summed E-state index contributed by atoms with van der Waals surface area (Å²) < 4.78 is 0. The molecule has 0 atom stereocenters. The quantitative estimate of drug-likeness (QED) is 0.384. The Morgan fingerprint density at radius 1 is 1.88 bits per heavy atom. The minimum atomic E-state index is -1.05. The van der Waals surface area contributed by atoms with Crippen LogP contribution in [0, 0.1) is 0 Å². The molecular formula is C4H5NaO2S. The van der Waals surface area contributed by atoms with Crippen LogP contribution in [0.25, 0.3) is 0 Å². The Morgan fingerprint density at radius 3 is 2.50 bits per heavy atom. The van der Waals surface area contributed by atoms with Crippen LogP contribution in [0.3, 0.4) is 0 Å². The van der Waals surface area contributed by atoms with Crippen molar-refractivity contribution in [3.05, 3.63) is 12.0 Å². The predicted octanol–water partition coefficient (Wildman–Crippen LogP) is -3.38. The maximum Gasteiger partial charge on any atom is 1.00 e. The third kappa shape index (κ3) is 9.75. The average molecular weight is 140 g/mol. The van der Waals surface area contributed by atoms with Crippen molar-refractivity contribution >= 4 is 17.7 Å². The van der Waals surface area contributed by atoms with Crippen molar-refractivity contribution < 1.29 is 39.5 Å². The van der Waals surface area contributed by atoms with E-state index >= 15 is 0 Å². The summed E-state index contributed by atoms with van der Waals surface area (Å²) in [5.41, 5.74) is 0. The Bertz CT molecular complexity index is 84.1. The van der Waals surface area contributed by atoms with Gasteiger partial charge in [0, 0.05) is 5.75 Å². The van der Waals surface area contributed by atoms with Crippen LogP contribution in [0.5, 0.6) is 0 Å². The minimum absolute atomic E-state index is 0. The molecule has 0 saturated heterocycles. The molecule has 0 rings (SSSR count). The van der Waals surface area contributed by atoms with Crippen molar-refractivity contribution in [2.24, 2.45) is 0 Å². The Hall–Kier alpha value is 0.560. The van der Waals surface area contributed by atoms with Gasteiger partial charge in [0.2, 0.25) is 0 Å². The Morgan fingerprint density at radius 2 is 2.38 bits per heavy atom. The van der Waals surface area contributed by atoms with Gasteiger partial charge in [-0.25, -0.2) is 0 Å². The van der Waals surface area contributed by atoms with Gasteiger partial charge in [0.25, 0.3) is 0 Å². The molecule has 0 aromatic rings. The van der Waals surface area contributed by atoms with E-state index in [2.05, 4.69) is 6.58 Å². The van der Waals surface area contributed by atoms with Gasteiger partial charge in [-0.05, 0) is 5.41 Å². The van der Waals surface area contributed by atoms with Crippen molar-refractivity contribution in [3.8, 4) is 0 Å². The van der Waals surface area contributed by atoms with Crippen molar-refractivity contribution in [2.45, 2.75) is 0 Å². The third-order valence-electron chi connectivity index (χ3n) is 0.319. The normalized spacial score (nSPS) is 7.00. The van der Waals surface area contributed by atoms with Gasteiger partial charge in [0.15, 0.2) is 0 Å². The number of hydrogen-bond acceptors (Lipinski definition) is 3. The number of aliphatic carboxylic acids is 1. The van der Waals surface area contributed by atoms with Gasteiger partial charge in [0.05, 0.1) is 5.97 Å². The van der Waals surface area contributed by atoms with Crippen LogP contribution in [-0.2, 0) is 4.79 Å². The van der Waals surface area contributed by atoms with E-state index in [1.54, 1.807) is 0 Å². The molecule has 0 unspecified atom stereocenters. The predicted molar refractivity (Wildman–Crippen MR) is 27.7 cm³/mol. The van der Waals surface area contributed by atoms with Gasteiger partial charge in [-0.2, -0.15) is 0 Å². The largest absolute Gasteiger partial charge is 1.00 e. The first-order chi connectivity index (χ1) is 3.27. The van der Waals surface area contributed by atoms with E-state index in [0.717, 1.165) is 11.8 Å². The fourth-order valence-corrected chi connectivity index (χ4v) is 0.381. The average Bonchev–Trinajstić information content (AvgIpc) is 1.61. The summed E-state index contributed by atoms with van der Waals surface area (Å²) in [6, 6.07) is 0. The molecule has 0 N–H and O–H groups in total. The monoisotopic (exact) mass is 140 g/mol. The minimum Gasteiger partial charge on any atom is -0.549 e. The van der Waals surface area contributed by atoms with Gasteiger partial charge in [-0.15, -0.1) is 11.8 Å². The molecule has 0 amide bonds. The maximum absolute atomic E-state index is 9.58. The second-order valence-electron chi connectivity index (χ2n) is 0.850. The Balaban J connectivity index is 0. The maximum atomic E-state index is 9.58. The van der Waals surface area contributed by atoms with E-state index in [1.165, 1.54) is 5.41 Å². The molecule has 0 aromatic heterocycles. The van der Waals surface area contributed by atoms with E-state index in [-0.39, 0.29) is 35.3 Å². The number of carbonyl (C=O) groups is 1. The smallest absolute Gasteiger partial charge is 0.549 e. The summed E-state index contributed by atoms with van der Waals surface area (Å²) in [6.07, 6.45) is 0. The summed E-state index contributed by atoms with van der Waals surface area (Å²) in [4.78, 5) is 9.58. The fraction of sp³-hybridized carbons (Fsp3) is 0.250. The second-order valence-corrected chi connectivity index (χ2v) is 1.81. The fourth-order valence-electron chi connectivity index (χ4n) is 0.127. The van der Waals surface area contributed by atoms with Crippen molar-refractivity contribution in [2.75, 3.05) is 5.75 Å². The SMILES string of the molecule is C=CSCC(=O)[O-].[Na+]. The van der Waals surface area contributed by atoms with Crippen molar-refractivity contribution in [3.63, 3.8) is 0 Å². The van der Waals surface area contributed by atoms with E-state index in [0.29, 0.717) is 0 Å². The molecular weight excluding hydrogens is 135 g/mol. The zero-order chi connectivity index (χ0) is 5.70. The molecule has 0 spiro atoms. The summed E-state index contributed by atoms with van der Waals surface area (Å²) in [7, 11) is 0. The van der Waals surface area contributed by atoms with E-state index in [9.17, 15) is 9.90 Å². The second kappa shape index (κ2) is 7.56. The zero-order valence-corrected chi connectivity index (χ0v) is 7.53. The summed E-state index contributed by atoms with van der Waals surface area (Å²) in [6.45, 7) is 3.30. The van der Waals surface area contributed by atoms with Crippen molar-refractivity contribution in [1.29, 1.82) is 0 Å². The molecule has 0 fully saturated rings. The Labute approximate surface area is 74.6 Å². The Kier molecular flexibility index (Phi) is 10.7. The summed E-state index contributed by atoms with van der Waals surface area (Å²) >= 11 is 1.12. The number of carboxylic acids is 1. The van der Waals surface area contributed by atoms with Crippen LogP contribution in [0.1, 0.15) is 0 Å². The van der Waals surface area contributed by atoms with Gasteiger partial charge in [0.1, 0.15) is 0 Å². The molecule has 0 aliphatic heterocycles. The van der Waals surface area contributed by atoms with Gasteiger partial charge < -0.3 is 9.90 Å². The van der Waals surface area contributed by atoms with Crippen LogP contribution < -0.4 is 34.7 Å². The number of thioether (sulfide) groups is 1. The van der Waals surface area contributed by atoms with Gasteiger partial charge in [-0.3, -0.25) is 0 Å². The standard InChI is InChI=1S/C4H6O2S.Na/c1-2-7-3-4(5)6;/h2H,1,3H2,(H,5,6);/q;+1/p-1.